The first kappa shape index (κ1) is 21.3. The van der Waals surface area contributed by atoms with Crippen LogP contribution in [0.1, 0.15) is 17.3 Å². The fraction of sp³-hybridized carbons (Fsp3) is 0.318. The Morgan fingerprint density at radius 3 is 2.53 bits per heavy atom. The maximum Gasteiger partial charge on any atom is 0.295 e. The number of Topliss-reactive ketones (excluding diaryl/α,β-unsaturated/α-hetero) is 1. The SMILES string of the molecule is COc1ccc(/C(O)=C2\C(=O)C(=O)N(CCN(C)C)[C@@H]2c2ccccn2)c(OC)c1. The molecule has 2 heterocycles. The van der Waals surface area contributed by atoms with Crippen LogP contribution in [-0.4, -0.2) is 73.0 Å². The summed E-state index contributed by atoms with van der Waals surface area (Å²) in [5, 5.41) is 11.1. The number of carbonyl (C=O) groups excluding carboxylic acids is 2. The van der Waals surface area contributed by atoms with Gasteiger partial charge in [0.15, 0.2) is 0 Å². The van der Waals surface area contributed by atoms with Crippen LogP contribution in [0.25, 0.3) is 5.76 Å². The molecule has 0 aliphatic carbocycles. The van der Waals surface area contributed by atoms with Crippen molar-refractivity contribution in [1.82, 2.24) is 14.8 Å². The van der Waals surface area contributed by atoms with Gasteiger partial charge in [0, 0.05) is 25.4 Å². The molecule has 1 atom stereocenters. The molecule has 3 rings (SSSR count). The number of amides is 1. The highest BCUT2D eigenvalue weighted by Crippen LogP contribution is 2.40. The minimum absolute atomic E-state index is 0.0130. The Labute approximate surface area is 175 Å². The van der Waals surface area contributed by atoms with Crippen molar-refractivity contribution >= 4 is 17.4 Å². The van der Waals surface area contributed by atoms with Crippen molar-refractivity contribution in [3.63, 3.8) is 0 Å². The van der Waals surface area contributed by atoms with E-state index in [-0.39, 0.29) is 11.3 Å². The van der Waals surface area contributed by atoms with E-state index in [1.54, 1.807) is 42.6 Å². The van der Waals surface area contributed by atoms with Gasteiger partial charge in [0.25, 0.3) is 11.7 Å². The highest BCUT2D eigenvalue weighted by atomic mass is 16.5. The zero-order valence-corrected chi connectivity index (χ0v) is 17.5. The Balaban J connectivity index is 2.17. The monoisotopic (exact) mass is 411 g/mol. The lowest BCUT2D eigenvalue weighted by Gasteiger charge is -2.25. The van der Waals surface area contributed by atoms with Gasteiger partial charge in [0.05, 0.1) is 31.1 Å². The predicted octanol–water partition coefficient (Wildman–Crippen LogP) is 2.08. The van der Waals surface area contributed by atoms with Crippen LogP contribution in [0.5, 0.6) is 11.5 Å². The number of hydrogen-bond acceptors (Lipinski definition) is 7. The van der Waals surface area contributed by atoms with Crippen LogP contribution < -0.4 is 9.47 Å². The summed E-state index contributed by atoms with van der Waals surface area (Å²) in [6, 6.07) is 9.32. The zero-order chi connectivity index (χ0) is 21.8. The van der Waals surface area contributed by atoms with E-state index in [2.05, 4.69) is 4.98 Å². The van der Waals surface area contributed by atoms with E-state index < -0.39 is 17.7 Å². The molecule has 0 saturated carbocycles. The fourth-order valence-electron chi connectivity index (χ4n) is 3.40. The average Bonchev–Trinajstić information content (AvgIpc) is 3.02. The number of methoxy groups -OCH3 is 2. The van der Waals surface area contributed by atoms with E-state index >= 15 is 0 Å². The standard InChI is InChI=1S/C22H25N3O5/c1-24(2)11-12-25-19(16-7-5-6-10-23-16)18(21(27)22(25)28)20(26)15-9-8-14(29-3)13-17(15)30-4/h5-10,13,19,26H,11-12H2,1-4H3/b20-18+/t19-/m1/s1. The molecule has 8 heteroatoms. The van der Waals surface area contributed by atoms with Crippen molar-refractivity contribution in [3.05, 3.63) is 59.4 Å². The van der Waals surface area contributed by atoms with Crippen molar-refractivity contribution in [1.29, 1.82) is 0 Å². The number of rotatable bonds is 7. The molecule has 158 valence electrons. The van der Waals surface area contributed by atoms with E-state index in [1.807, 2.05) is 19.0 Å². The van der Waals surface area contributed by atoms with Crippen molar-refractivity contribution in [2.24, 2.45) is 0 Å². The molecule has 1 aromatic carbocycles. The smallest absolute Gasteiger partial charge is 0.295 e. The number of likely N-dealkylation sites (N-methyl/N-ethyl adjacent to an activating group) is 1. The highest BCUT2D eigenvalue weighted by Gasteiger charge is 2.46. The van der Waals surface area contributed by atoms with Crippen molar-refractivity contribution in [2.75, 3.05) is 41.4 Å². The summed E-state index contributed by atoms with van der Waals surface area (Å²) < 4.78 is 10.6. The Bertz CT molecular complexity index is 972. The Kier molecular flexibility index (Phi) is 6.37. The van der Waals surface area contributed by atoms with Gasteiger partial charge in [-0.1, -0.05) is 6.07 Å². The second kappa shape index (κ2) is 8.96. The molecule has 1 aliphatic heterocycles. The van der Waals surface area contributed by atoms with Crippen LogP contribution in [0.15, 0.2) is 48.2 Å². The van der Waals surface area contributed by atoms with Gasteiger partial charge in [0.1, 0.15) is 23.3 Å². The highest BCUT2D eigenvalue weighted by molar-refractivity contribution is 6.46. The second-order valence-electron chi connectivity index (χ2n) is 7.12. The Hall–Kier alpha value is -3.39. The number of ketones is 1. The summed E-state index contributed by atoms with van der Waals surface area (Å²) >= 11 is 0. The van der Waals surface area contributed by atoms with Gasteiger partial charge in [-0.2, -0.15) is 0 Å². The molecule has 0 bridgehead atoms. The number of hydrogen-bond donors (Lipinski definition) is 1. The quantitative estimate of drug-likeness (QED) is 0.424. The van der Waals surface area contributed by atoms with Crippen LogP contribution in [-0.2, 0) is 9.59 Å². The van der Waals surface area contributed by atoms with Gasteiger partial charge in [-0.25, -0.2) is 0 Å². The van der Waals surface area contributed by atoms with Crippen LogP contribution >= 0.6 is 0 Å². The molecule has 1 N–H and O–H groups in total. The van der Waals surface area contributed by atoms with Crippen LogP contribution in [0, 0.1) is 0 Å². The lowest BCUT2D eigenvalue weighted by atomic mass is 9.97. The minimum atomic E-state index is -0.794. The Morgan fingerprint density at radius 2 is 1.93 bits per heavy atom. The zero-order valence-electron chi connectivity index (χ0n) is 17.5. The van der Waals surface area contributed by atoms with E-state index in [0.717, 1.165) is 0 Å². The predicted molar refractivity (Wildman–Crippen MR) is 111 cm³/mol. The van der Waals surface area contributed by atoms with E-state index in [9.17, 15) is 14.7 Å². The summed E-state index contributed by atoms with van der Waals surface area (Å²) in [6.07, 6.45) is 1.59. The molecule has 1 amide bonds. The summed E-state index contributed by atoms with van der Waals surface area (Å²) in [5.41, 5.74) is 0.787. The number of likely N-dealkylation sites (tertiary alicyclic amines) is 1. The first-order chi connectivity index (χ1) is 14.4. The van der Waals surface area contributed by atoms with Gasteiger partial charge < -0.3 is 24.4 Å². The third-order valence-electron chi connectivity index (χ3n) is 4.96. The van der Waals surface area contributed by atoms with Gasteiger partial charge in [-0.05, 0) is 38.4 Å². The molecule has 1 fully saturated rings. The molecule has 0 spiro atoms. The molecular formula is C22H25N3O5. The molecule has 0 radical (unpaired) electrons. The first-order valence-electron chi connectivity index (χ1n) is 9.45. The number of ether oxygens (including phenoxy) is 2. The second-order valence-corrected chi connectivity index (χ2v) is 7.12. The lowest BCUT2D eigenvalue weighted by Crippen LogP contribution is -2.35. The number of aromatic nitrogens is 1. The van der Waals surface area contributed by atoms with Gasteiger partial charge in [0.2, 0.25) is 0 Å². The van der Waals surface area contributed by atoms with Crippen LogP contribution in [0.2, 0.25) is 0 Å². The van der Waals surface area contributed by atoms with E-state index in [0.29, 0.717) is 35.8 Å². The maximum atomic E-state index is 13.0. The number of pyridine rings is 1. The number of nitrogens with zero attached hydrogens (tertiary/aromatic N) is 3. The van der Waals surface area contributed by atoms with Crippen molar-refractivity contribution < 1.29 is 24.2 Å². The third-order valence-corrected chi connectivity index (χ3v) is 4.96. The maximum absolute atomic E-state index is 13.0. The average molecular weight is 411 g/mol. The van der Waals surface area contributed by atoms with Crippen molar-refractivity contribution in [3.8, 4) is 11.5 Å². The number of aliphatic hydroxyl groups excluding tert-OH is 1. The third kappa shape index (κ3) is 3.99. The molecule has 1 saturated heterocycles. The van der Waals surface area contributed by atoms with Gasteiger partial charge in [-0.15, -0.1) is 0 Å². The molecule has 1 aromatic heterocycles. The molecule has 30 heavy (non-hydrogen) atoms. The summed E-state index contributed by atoms with van der Waals surface area (Å²) in [7, 11) is 6.74. The van der Waals surface area contributed by atoms with E-state index in [4.69, 9.17) is 9.47 Å². The molecule has 2 aromatic rings. The van der Waals surface area contributed by atoms with Gasteiger partial charge in [-0.3, -0.25) is 14.6 Å². The minimum Gasteiger partial charge on any atom is -0.507 e. The number of aliphatic hydroxyl groups is 1. The number of benzene rings is 1. The van der Waals surface area contributed by atoms with Gasteiger partial charge >= 0.3 is 0 Å². The molecular weight excluding hydrogens is 386 g/mol. The largest absolute Gasteiger partial charge is 0.507 e. The topological polar surface area (TPSA) is 92.2 Å². The van der Waals surface area contributed by atoms with E-state index in [1.165, 1.54) is 19.1 Å². The molecule has 1 aliphatic rings. The number of carbonyl (C=O) groups is 2. The molecule has 8 nitrogen and oxygen atoms in total. The fourth-order valence-corrected chi connectivity index (χ4v) is 3.40. The summed E-state index contributed by atoms with van der Waals surface area (Å²) in [6.45, 7) is 0.873. The summed E-state index contributed by atoms with van der Waals surface area (Å²) in [4.78, 5) is 33.5. The van der Waals surface area contributed by atoms with Crippen LogP contribution in [0.3, 0.4) is 0 Å². The first-order valence-corrected chi connectivity index (χ1v) is 9.45. The normalized spacial score (nSPS) is 18.2. The summed E-state index contributed by atoms with van der Waals surface area (Å²) in [5.74, 6) is -0.862. The lowest BCUT2D eigenvalue weighted by molar-refractivity contribution is -0.140. The van der Waals surface area contributed by atoms with Crippen molar-refractivity contribution in [2.45, 2.75) is 6.04 Å². The van der Waals surface area contributed by atoms with Crippen LogP contribution in [0.4, 0.5) is 0 Å². The molecule has 0 unspecified atom stereocenters. The Morgan fingerprint density at radius 1 is 1.17 bits per heavy atom.